The van der Waals surface area contributed by atoms with Gasteiger partial charge < -0.3 is 0 Å². The van der Waals surface area contributed by atoms with Gasteiger partial charge in [0.15, 0.2) is 5.78 Å². The van der Waals surface area contributed by atoms with Crippen LogP contribution in [0.25, 0.3) is 0 Å². The zero-order valence-corrected chi connectivity index (χ0v) is 8.80. The summed E-state index contributed by atoms with van der Waals surface area (Å²) < 4.78 is 13.0. The Morgan fingerprint density at radius 2 is 2.00 bits per heavy atom. The first kappa shape index (κ1) is 10.6. The Hall–Kier alpha value is -0.440. The van der Waals surface area contributed by atoms with Gasteiger partial charge in [0.25, 0.3) is 0 Å². The van der Waals surface area contributed by atoms with E-state index >= 15 is 0 Å². The summed E-state index contributed by atoms with van der Waals surface area (Å²) in [5.41, 5.74) is -0.358. The van der Waals surface area contributed by atoms with Gasteiger partial charge in [-0.05, 0) is 7.05 Å². The first-order valence-electron chi connectivity index (χ1n) is 4.71. The van der Waals surface area contributed by atoms with E-state index in [1.54, 1.807) is 0 Å². The fourth-order valence-electron chi connectivity index (χ4n) is 1.74. The van der Waals surface area contributed by atoms with Crippen molar-refractivity contribution in [2.75, 3.05) is 13.6 Å². The van der Waals surface area contributed by atoms with Crippen LogP contribution in [0.4, 0.5) is 4.39 Å². The third-order valence-corrected chi connectivity index (χ3v) is 2.54. The average molecular weight is 187 g/mol. The fraction of sp³-hybridized carbons (Fsp3) is 0.900. The van der Waals surface area contributed by atoms with Crippen LogP contribution in [0.1, 0.15) is 27.2 Å². The Balaban J connectivity index is 2.68. The first-order chi connectivity index (χ1) is 5.82. The van der Waals surface area contributed by atoms with E-state index in [1.165, 1.54) is 0 Å². The predicted octanol–water partition coefficient (Wildman–Crippen LogP) is 1.64. The minimum Gasteiger partial charge on any atom is -0.297 e. The van der Waals surface area contributed by atoms with Gasteiger partial charge in [-0.3, -0.25) is 9.69 Å². The number of Topliss-reactive ketones (excluding diaryl/α,β-unsaturated/α-hetero) is 1. The first-order valence-corrected chi connectivity index (χ1v) is 4.71. The lowest BCUT2D eigenvalue weighted by molar-refractivity contribution is -0.130. The van der Waals surface area contributed by atoms with E-state index in [4.69, 9.17) is 0 Å². The number of likely N-dealkylation sites (tertiary alicyclic amines) is 1. The van der Waals surface area contributed by atoms with E-state index in [9.17, 15) is 9.18 Å². The molecule has 76 valence electrons. The van der Waals surface area contributed by atoms with Crippen LogP contribution < -0.4 is 0 Å². The van der Waals surface area contributed by atoms with E-state index in [0.29, 0.717) is 13.0 Å². The number of rotatable bonds is 1. The van der Waals surface area contributed by atoms with Crippen molar-refractivity contribution in [2.24, 2.45) is 5.41 Å². The molecule has 0 radical (unpaired) electrons. The molecule has 0 amide bonds. The molecule has 0 aliphatic carbocycles. The summed E-state index contributed by atoms with van der Waals surface area (Å²) in [6, 6.07) is -0.213. The topological polar surface area (TPSA) is 20.3 Å². The summed E-state index contributed by atoms with van der Waals surface area (Å²) in [6.07, 6.45) is -0.464. The van der Waals surface area contributed by atoms with Crippen LogP contribution in [0.3, 0.4) is 0 Å². The van der Waals surface area contributed by atoms with Crippen molar-refractivity contribution in [3.63, 3.8) is 0 Å². The molecule has 0 aromatic carbocycles. The highest BCUT2D eigenvalue weighted by Crippen LogP contribution is 2.26. The number of nitrogens with zero attached hydrogens (tertiary/aromatic N) is 1. The maximum atomic E-state index is 13.0. The normalized spacial score (nSPS) is 30.8. The highest BCUT2D eigenvalue weighted by atomic mass is 19.1. The van der Waals surface area contributed by atoms with Gasteiger partial charge in [-0.15, -0.1) is 0 Å². The van der Waals surface area contributed by atoms with E-state index in [2.05, 4.69) is 0 Å². The molecule has 0 saturated carbocycles. The summed E-state index contributed by atoms with van der Waals surface area (Å²) >= 11 is 0. The van der Waals surface area contributed by atoms with E-state index < -0.39 is 6.17 Å². The smallest absolute Gasteiger partial charge is 0.155 e. The number of alkyl halides is 1. The molecule has 2 atom stereocenters. The molecule has 1 fully saturated rings. The molecule has 0 unspecified atom stereocenters. The summed E-state index contributed by atoms with van der Waals surface area (Å²) in [5, 5.41) is 0. The second kappa shape index (κ2) is 3.37. The maximum Gasteiger partial charge on any atom is 0.155 e. The van der Waals surface area contributed by atoms with Crippen LogP contribution in [-0.2, 0) is 4.79 Å². The van der Waals surface area contributed by atoms with Gasteiger partial charge in [0, 0.05) is 18.4 Å². The molecule has 0 aromatic rings. The number of carbonyl (C=O) groups excluding carboxylic acids is 1. The predicted molar refractivity (Wildman–Crippen MR) is 50.4 cm³/mol. The lowest BCUT2D eigenvalue weighted by Crippen LogP contribution is -2.39. The Labute approximate surface area is 79.1 Å². The molecule has 1 aliphatic heterocycles. The number of ketones is 1. The summed E-state index contributed by atoms with van der Waals surface area (Å²) in [6.45, 7) is 6.05. The van der Waals surface area contributed by atoms with Crippen LogP contribution in [0, 0.1) is 5.41 Å². The van der Waals surface area contributed by atoms with Gasteiger partial charge in [0.05, 0.1) is 6.04 Å². The van der Waals surface area contributed by atoms with E-state index in [0.717, 1.165) is 0 Å². The molecule has 3 heteroatoms. The molecule has 0 spiro atoms. The van der Waals surface area contributed by atoms with Gasteiger partial charge in [0.1, 0.15) is 6.17 Å². The van der Waals surface area contributed by atoms with Gasteiger partial charge in [0.2, 0.25) is 0 Å². The number of carbonyl (C=O) groups is 1. The van der Waals surface area contributed by atoms with Crippen molar-refractivity contribution in [1.82, 2.24) is 4.90 Å². The number of hydrogen-bond acceptors (Lipinski definition) is 2. The van der Waals surface area contributed by atoms with E-state index in [-0.39, 0.29) is 17.2 Å². The standard InChI is InChI=1S/C10H18FNO/c1-10(2,3)9(13)8-5-7(11)6-12(8)4/h7-8H,5-6H2,1-4H3/t7-,8+/m1/s1. The minimum atomic E-state index is -0.832. The molecule has 0 N–H and O–H groups in total. The summed E-state index contributed by atoms with van der Waals surface area (Å²) in [5.74, 6) is 0.148. The minimum absolute atomic E-state index is 0.148. The monoisotopic (exact) mass is 187 g/mol. The second-order valence-corrected chi connectivity index (χ2v) is 4.90. The molecular weight excluding hydrogens is 169 g/mol. The van der Waals surface area contributed by atoms with Crippen molar-refractivity contribution in [3.8, 4) is 0 Å². The molecule has 1 rings (SSSR count). The average Bonchev–Trinajstić information content (AvgIpc) is 2.26. The quantitative estimate of drug-likeness (QED) is 0.622. The molecule has 2 nitrogen and oxygen atoms in total. The summed E-state index contributed by atoms with van der Waals surface area (Å²) in [4.78, 5) is 13.6. The molecule has 0 aromatic heterocycles. The van der Waals surface area contributed by atoms with Crippen LogP contribution in [0.2, 0.25) is 0 Å². The third kappa shape index (κ3) is 2.27. The highest BCUT2D eigenvalue weighted by Gasteiger charge is 2.38. The van der Waals surface area contributed by atoms with Crippen LogP contribution in [-0.4, -0.2) is 36.5 Å². The lowest BCUT2D eigenvalue weighted by atomic mass is 9.85. The second-order valence-electron chi connectivity index (χ2n) is 4.90. The number of halogens is 1. The van der Waals surface area contributed by atoms with Gasteiger partial charge in [-0.25, -0.2) is 4.39 Å². The number of likely N-dealkylation sites (N-methyl/N-ethyl adjacent to an activating group) is 1. The van der Waals surface area contributed by atoms with Crippen LogP contribution >= 0.6 is 0 Å². The van der Waals surface area contributed by atoms with Gasteiger partial charge >= 0.3 is 0 Å². The fourth-order valence-corrected chi connectivity index (χ4v) is 1.74. The lowest BCUT2D eigenvalue weighted by Gasteiger charge is -2.25. The van der Waals surface area contributed by atoms with Crippen molar-refractivity contribution < 1.29 is 9.18 Å². The van der Waals surface area contributed by atoms with Crippen molar-refractivity contribution >= 4 is 5.78 Å². The molecule has 1 aliphatic rings. The molecular formula is C10H18FNO. The Morgan fingerprint density at radius 3 is 2.31 bits per heavy atom. The molecule has 1 heterocycles. The zero-order valence-electron chi connectivity index (χ0n) is 8.80. The van der Waals surface area contributed by atoms with Crippen molar-refractivity contribution in [3.05, 3.63) is 0 Å². The van der Waals surface area contributed by atoms with Crippen LogP contribution in [0.15, 0.2) is 0 Å². The zero-order chi connectivity index (χ0) is 10.2. The number of hydrogen-bond donors (Lipinski definition) is 0. The van der Waals surface area contributed by atoms with Gasteiger partial charge in [-0.1, -0.05) is 20.8 Å². The highest BCUT2D eigenvalue weighted by molar-refractivity contribution is 5.89. The Kier molecular flexibility index (Phi) is 2.76. The Bertz CT molecular complexity index is 209. The maximum absolute atomic E-state index is 13.0. The largest absolute Gasteiger partial charge is 0.297 e. The van der Waals surface area contributed by atoms with Crippen molar-refractivity contribution in [1.29, 1.82) is 0 Å². The van der Waals surface area contributed by atoms with Crippen molar-refractivity contribution in [2.45, 2.75) is 39.4 Å². The molecule has 1 saturated heterocycles. The SMILES string of the molecule is CN1C[C@H](F)C[C@H]1C(=O)C(C)(C)C. The molecule has 13 heavy (non-hydrogen) atoms. The van der Waals surface area contributed by atoms with E-state index in [1.807, 2.05) is 32.7 Å². The third-order valence-electron chi connectivity index (χ3n) is 2.54. The van der Waals surface area contributed by atoms with Crippen LogP contribution in [0.5, 0.6) is 0 Å². The summed E-state index contributed by atoms with van der Waals surface area (Å²) in [7, 11) is 1.81. The van der Waals surface area contributed by atoms with Gasteiger partial charge in [-0.2, -0.15) is 0 Å². The Morgan fingerprint density at radius 1 is 1.46 bits per heavy atom. The molecule has 0 bridgehead atoms.